The molecular weight excluding hydrogens is 310 g/mol. The summed E-state index contributed by atoms with van der Waals surface area (Å²) >= 11 is 0. The molecule has 1 aromatic heterocycles. The number of esters is 1. The molecule has 0 amide bonds. The van der Waals surface area contributed by atoms with Crippen LogP contribution < -0.4 is 0 Å². The molecule has 0 saturated heterocycles. The van der Waals surface area contributed by atoms with Crippen molar-refractivity contribution in [3.05, 3.63) is 84.2 Å². The number of rotatable bonds is 5. The Morgan fingerprint density at radius 1 is 1.24 bits per heavy atom. The maximum absolute atomic E-state index is 11.6. The molecule has 0 radical (unpaired) electrons. The van der Waals surface area contributed by atoms with E-state index in [0.717, 1.165) is 22.3 Å². The number of benzene rings is 1. The predicted octanol–water partition coefficient (Wildman–Crippen LogP) is 4.41. The Morgan fingerprint density at radius 3 is 2.60 bits per heavy atom. The van der Waals surface area contributed by atoms with Gasteiger partial charge in [-0.1, -0.05) is 47.9 Å². The number of hydrogen-bond donors (Lipinski definition) is 0. The molecule has 0 aliphatic rings. The van der Waals surface area contributed by atoms with Crippen LogP contribution in [0.25, 0.3) is 5.57 Å². The monoisotopic (exact) mass is 331 g/mol. The average Bonchev–Trinajstić information content (AvgIpc) is 2.61. The Hall–Kier alpha value is -3.12. The van der Waals surface area contributed by atoms with Gasteiger partial charge in [-0.3, -0.25) is 9.78 Å². The van der Waals surface area contributed by atoms with Crippen LogP contribution in [-0.2, 0) is 9.53 Å². The number of pyridine rings is 1. The average molecular weight is 331 g/mol. The van der Waals surface area contributed by atoms with Crippen LogP contribution in [0, 0.1) is 11.8 Å². The minimum Gasteiger partial charge on any atom is -0.444 e. The highest BCUT2D eigenvalue weighted by molar-refractivity contribution is 5.78. The topological polar surface area (TPSA) is 39.2 Å². The fourth-order valence-corrected chi connectivity index (χ4v) is 2.48. The Balaban J connectivity index is 2.51. The molecule has 2 aromatic rings. The van der Waals surface area contributed by atoms with Crippen LogP contribution in [0.1, 0.15) is 31.4 Å². The predicted molar refractivity (Wildman–Crippen MR) is 101 cm³/mol. The minimum atomic E-state index is -0.653. The Labute approximate surface area is 149 Å². The van der Waals surface area contributed by atoms with Crippen LogP contribution in [0.15, 0.2) is 73.1 Å². The molecule has 3 heteroatoms. The van der Waals surface area contributed by atoms with Gasteiger partial charge in [0.25, 0.3) is 0 Å². The summed E-state index contributed by atoms with van der Waals surface area (Å²) in [5.74, 6) is 5.76. The van der Waals surface area contributed by atoms with Gasteiger partial charge in [0.2, 0.25) is 0 Å². The SMILES string of the molecule is C=CC/C(C)=C(\c1ccccc1)C(C#Cc1cccnc1)OC(C)=O. The second-order valence-corrected chi connectivity index (χ2v) is 5.55. The number of carbonyl (C=O) groups excluding carboxylic acids is 1. The number of nitrogens with zero attached hydrogens (tertiary/aromatic N) is 1. The highest BCUT2D eigenvalue weighted by Crippen LogP contribution is 2.26. The van der Waals surface area contributed by atoms with Crippen molar-refractivity contribution in [2.75, 3.05) is 0 Å². The molecule has 0 bridgehead atoms. The zero-order valence-electron chi connectivity index (χ0n) is 14.5. The van der Waals surface area contributed by atoms with E-state index >= 15 is 0 Å². The second kappa shape index (κ2) is 9.24. The fourth-order valence-electron chi connectivity index (χ4n) is 2.48. The summed E-state index contributed by atoms with van der Waals surface area (Å²) in [5, 5.41) is 0. The lowest BCUT2D eigenvalue weighted by Gasteiger charge is -2.19. The zero-order valence-corrected chi connectivity index (χ0v) is 14.5. The van der Waals surface area contributed by atoms with Gasteiger partial charge in [-0.05, 0) is 37.0 Å². The highest BCUT2D eigenvalue weighted by Gasteiger charge is 2.19. The lowest BCUT2D eigenvalue weighted by molar-refractivity contribution is -0.141. The first kappa shape index (κ1) is 18.2. The van der Waals surface area contributed by atoms with E-state index in [4.69, 9.17) is 4.74 Å². The van der Waals surface area contributed by atoms with Gasteiger partial charge in [0, 0.05) is 30.5 Å². The van der Waals surface area contributed by atoms with Crippen LogP contribution >= 0.6 is 0 Å². The van der Waals surface area contributed by atoms with Gasteiger partial charge in [0.05, 0.1) is 0 Å². The lowest BCUT2D eigenvalue weighted by atomic mass is 9.94. The van der Waals surface area contributed by atoms with E-state index in [1.165, 1.54) is 6.92 Å². The smallest absolute Gasteiger partial charge is 0.304 e. The van der Waals surface area contributed by atoms with Crippen molar-refractivity contribution in [1.29, 1.82) is 0 Å². The van der Waals surface area contributed by atoms with Crippen molar-refractivity contribution in [3.8, 4) is 11.8 Å². The van der Waals surface area contributed by atoms with E-state index in [9.17, 15) is 4.79 Å². The largest absolute Gasteiger partial charge is 0.444 e. The molecule has 1 aromatic carbocycles. The van der Waals surface area contributed by atoms with Crippen LogP contribution in [0.5, 0.6) is 0 Å². The van der Waals surface area contributed by atoms with Crippen molar-refractivity contribution in [3.63, 3.8) is 0 Å². The third-order valence-electron chi connectivity index (χ3n) is 3.55. The normalized spacial score (nSPS) is 12.2. The fraction of sp³-hybridized carbons (Fsp3) is 0.182. The van der Waals surface area contributed by atoms with Crippen molar-refractivity contribution in [2.24, 2.45) is 0 Å². The van der Waals surface area contributed by atoms with E-state index < -0.39 is 6.10 Å². The maximum atomic E-state index is 11.6. The first-order chi connectivity index (χ1) is 12.1. The van der Waals surface area contributed by atoms with Gasteiger partial charge in [-0.2, -0.15) is 0 Å². The van der Waals surface area contributed by atoms with Gasteiger partial charge >= 0.3 is 5.97 Å². The Kier molecular flexibility index (Phi) is 6.74. The zero-order chi connectivity index (χ0) is 18.1. The lowest BCUT2D eigenvalue weighted by Crippen LogP contribution is -2.17. The van der Waals surface area contributed by atoms with E-state index in [1.807, 2.05) is 55.5 Å². The minimum absolute atomic E-state index is 0.370. The molecule has 0 fully saturated rings. The molecule has 1 atom stereocenters. The molecule has 0 spiro atoms. The molecule has 25 heavy (non-hydrogen) atoms. The molecule has 3 nitrogen and oxygen atoms in total. The molecular formula is C22H21NO2. The molecule has 126 valence electrons. The van der Waals surface area contributed by atoms with E-state index in [2.05, 4.69) is 23.4 Å². The second-order valence-electron chi connectivity index (χ2n) is 5.55. The molecule has 1 unspecified atom stereocenters. The van der Waals surface area contributed by atoms with Crippen molar-refractivity contribution in [2.45, 2.75) is 26.4 Å². The molecule has 0 aliphatic carbocycles. The summed E-state index contributed by atoms with van der Waals surface area (Å²) in [6.45, 7) is 7.20. The summed E-state index contributed by atoms with van der Waals surface area (Å²) in [6, 6.07) is 13.5. The molecule has 0 N–H and O–H groups in total. The quantitative estimate of drug-likeness (QED) is 0.463. The maximum Gasteiger partial charge on any atom is 0.304 e. The summed E-state index contributed by atoms with van der Waals surface area (Å²) in [5.41, 5.74) is 3.71. The highest BCUT2D eigenvalue weighted by atomic mass is 16.5. The van der Waals surface area contributed by atoms with Crippen molar-refractivity contribution >= 4 is 11.5 Å². The summed E-state index contributed by atoms with van der Waals surface area (Å²) < 4.78 is 5.53. The molecule has 0 aliphatic heterocycles. The first-order valence-corrected chi connectivity index (χ1v) is 8.06. The standard InChI is InChI=1S/C22H21NO2/c1-4-9-17(2)22(20-11-6-5-7-12-20)21(25-18(3)24)14-13-19-10-8-15-23-16-19/h4-8,10-12,15-16,21H,1,9H2,2-3H3/b22-17+. The number of aromatic nitrogens is 1. The van der Waals surface area contributed by atoms with Gasteiger partial charge in [-0.15, -0.1) is 6.58 Å². The van der Waals surface area contributed by atoms with Crippen molar-refractivity contribution < 1.29 is 9.53 Å². The number of carbonyl (C=O) groups is 1. The van der Waals surface area contributed by atoms with Gasteiger partial charge in [0.15, 0.2) is 6.10 Å². The number of ether oxygens (including phenoxy) is 1. The third-order valence-corrected chi connectivity index (χ3v) is 3.55. The number of allylic oxidation sites excluding steroid dienone is 2. The van der Waals surface area contributed by atoms with Gasteiger partial charge in [0.1, 0.15) is 0 Å². The van der Waals surface area contributed by atoms with E-state index in [-0.39, 0.29) is 5.97 Å². The Morgan fingerprint density at radius 2 is 2.00 bits per heavy atom. The van der Waals surface area contributed by atoms with Gasteiger partial charge < -0.3 is 4.74 Å². The number of hydrogen-bond acceptors (Lipinski definition) is 3. The summed E-state index contributed by atoms with van der Waals surface area (Å²) in [6.07, 6.45) is 5.24. The van der Waals surface area contributed by atoms with Crippen LogP contribution in [0.2, 0.25) is 0 Å². The van der Waals surface area contributed by atoms with Crippen LogP contribution in [0.3, 0.4) is 0 Å². The van der Waals surface area contributed by atoms with Gasteiger partial charge in [-0.25, -0.2) is 0 Å². The van der Waals surface area contributed by atoms with Crippen molar-refractivity contribution in [1.82, 2.24) is 4.98 Å². The van der Waals surface area contributed by atoms with Crippen LogP contribution in [-0.4, -0.2) is 17.1 Å². The van der Waals surface area contributed by atoms with Crippen LogP contribution in [0.4, 0.5) is 0 Å². The summed E-state index contributed by atoms with van der Waals surface area (Å²) in [4.78, 5) is 15.7. The van der Waals surface area contributed by atoms with E-state index in [1.54, 1.807) is 12.4 Å². The third kappa shape index (κ3) is 5.47. The summed E-state index contributed by atoms with van der Waals surface area (Å²) in [7, 11) is 0. The molecule has 2 rings (SSSR count). The van der Waals surface area contributed by atoms with E-state index in [0.29, 0.717) is 6.42 Å². The molecule has 1 heterocycles. The molecule has 0 saturated carbocycles. The Bertz CT molecular complexity index is 811. The first-order valence-electron chi connectivity index (χ1n) is 8.06.